The quantitative estimate of drug-likeness (QED) is 0.205. The minimum Gasteiger partial charge on any atom is -0.457 e. The van der Waals surface area contributed by atoms with Gasteiger partial charge in [0.15, 0.2) is 18.2 Å². The fraction of sp³-hybridized carbons (Fsp3) is 0.690. The molecule has 11 nitrogen and oxygen atoms in total. The predicted octanol–water partition coefficient (Wildman–Crippen LogP) is 5.37. The second-order valence-electron chi connectivity index (χ2n) is 17.2. The van der Waals surface area contributed by atoms with Crippen molar-refractivity contribution >= 4 is 12.3 Å². The highest BCUT2D eigenvalue weighted by Gasteiger charge is 2.71. The number of hydrogen-bond acceptors (Lipinski definition) is 11. The molecule has 14 atom stereocenters. The molecule has 1 aromatic heterocycles. The van der Waals surface area contributed by atoms with Gasteiger partial charge in [-0.25, -0.2) is 4.79 Å². The Hall–Kier alpha value is -2.93. The fourth-order valence-corrected chi connectivity index (χ4v) is 12.0. The van der Waals surface area contributed by atoms with Crippen LogP contribution in [0.25, 0.3) is 0 Å². The van der Waals surface area contributed by atoms with Crippen LogP contribution in [-0.2, 0) is 39.7 Å². The number of aldehydes is 1. The second kappa shape index (κ2) is 13.4. The normalized spacial score (nSPS) is 46.0. The summed E-state index contributed by atoms with van der Waals surface area (Å²) in [5.74, 6) is -1.72. The molecule has 4 aliphatic carbocycles. The van der Waals surface area contributed by atoms with Crippen molar-refractivity contribution in [3.05, 3.63) is 70.3 Å². The number of carbonyl (C=O) groups is 2. The number of esters is 1. The van der Waals surface area contributed by atoms with Gasteiger partial charge in [0.05, 0.1) is 35.1 Å². The molecular formula is C42H54O11. The molecule has 6 aliphatic rings. The minimum absolute atomic E-state index is 0.0259. The lowest BCUT2D eigenvalue weighted by Gasteiger charge is -2.65. The summed E-state index contributed by atoms with van der Waals surface area (Å²) in [7, 11) is 0. The Labute approximate surface area is 310 Å². The Morgan fingerprint density at radius 2 is 1.72 bits per heavy atom. The lowest BCUT2D eigenvalue weighted by Crippen LogP contribution is -2.69. The molecule has 0 spiro atoms. The highest BCUT2D eigenvalue weighted by molar-refractivity contribution is 5.66. The molecule has 1 aromatic carbocycles. The number of carbonyl (C=O) groups excluding carboxylic acids is 2. The molecule has 2 saturated heterocycles. The summed E-state index contributed by atoms with van der Waals surface area (Å²) in [6.45, 7) is 7.36. The minimum atomic E-state index is -1.32. The van der Waals surface area contributed by atoms with Crippen LogP contribution in [0.2, 0.25) is 0 Å². The predicted molar refractivity (Wildman–Crippen MR) is 190 cm³/mol. The third-order valence-corrected chi connectivity index (χ3v) is 14.7. The summed E-state index contributed by atoms with van der Waals surface area (Å²) in [5, 5.41) is 25.3. The second-order valence-corrected chi connectivity index (χ2v) is 17.2. The van der Waals surface area contributed by atoms with Crippen LogP contribution in [0.15, 0.2) is 57.9 Å². The molecule has 2 aliphatic heterocycles. The van der Waals surface area contributed by atoms with Crippen molar-refractivity contribution in [2.45, 2.75) is 158 Å². The maximum Gasteiger partial charge on any atom is 0.335 e. The first-order valence-corrected chi connectivity index (χ1v) is 19.7. The summed E-state index contributed by atoms with van der Waals surface area (Å²) in [4.78, 5) is 37.3. The number of aliphatic hydroxyl groups is 2. The molecule has 2 aromatic rings. The Balaban J connectivity index is 1.02. The van der Waals surface area contributed by atoms with Gasteiger partial charge in [0, 0.05) is 31.2 Å². The zero-order valence-electron chi connectivity index (χ0n) is 31.2. The van der Waals surface area contributed by atoms with E-state index in [1.54, 1.807) is 0 Å². The summed E-state index contributed by atoms with van der Waals surface area (Å²) < 4.78 is 37.6. The van der Waals surface area contributed by atoms with E-state index in [1.165, 1.54) is 19.3 Å². The number of rotatable bonds is 8. The molecule has 6 fully saturated rings. The van der Waals surface area contributed by atoms with E-state index in [0.717, 1.165) is 23.8 Å². The van der Waals surface area contributed by atoms with Crippen LogP contribution >= 0.6 is 0 Å². The molecule has 11 heteroatoms. The van der Waals surface area contributed by atoms with Gasteiger partial charge in [0.2, 0.25) is 0 Å². The lowest BCUT2D eigenvalue weighted by atomic mass is 9.41. The molecule has 14 unspecified atom stereocenters. The lowest BCUT2D eigenvalue weighted by molar-refractivity contribution is -0.304. The van der Waals surface area contributed by atoms with Crippen LogP contribution in [-0.4, -0.2) is 76.3 Å². The first kappa shape index (κ1) is 37.0. The van der Waals surface area contributed by atoms with Gasteiger partial charge >= 0.3 is 11.6 Å². The third-order valence-electron chi connectivity index (χ3n) is 14.7. The highest BCUT2D eigenvalue weighted by Crippen LogP contribution is 2.71. The van der Waals surface area contributed by atoms with Crippen LogP contribution in [0.4, 0.5) is 0 Å². The Morgan fingerprint density at radius 1 is 0.962 bits per heavy atom. The van der Waals surface area contributed by atoms with E-state index in [4.69, 9.17) is 28.1 Å². The molecule has 4 saturated carbocycles. The van der Waals surface area contributed by atoms with Crippen molar-refractivity contribution in [1.82, 2.24) is 0 Å². The third kappa shape index (κ3) is 5.79. The molecule has 288 valence electrons. The SMILES string of the molecule is CCC1(Cc2ccccc2)OC2C(OC3CCC4(C=O)C5CCC6(C)C(c7ccc(=O)oc7)CCC6(O)C5CCC4(O)C3)OC(C)C(OC(C)=O)C2O1. The standard InChI is InChI=1S/C42H54O11/c1-5-41(21-27-9-7-6-8-10-27)52-35-34(50-26(3)44)25(2)49-37(36(35)53-41)51-29-13-18-39(24-43)31-14-17-38(4)30(28-11-12-33(45)48-23-28)16-20-42(38,47)32(31)15-19-40(39,46)22-29/h6-12,23-25,29-32,34-37,46-47H,5,13-22H2,1-4H3. The largest absolute Gasteiger partial charge is 0.457 e. The van der Waals surface area contributed by atoms with Gasteiger partial charge in [-0.2, -0.15) is 0 Å². The maximum absolute atomic E-state index is 13.4. The van der Waals surface area contributed by atoms with Gasteiger partial charge in [0.1, 0.15) is 18.5 Å². The summed E-state index contributed by atoms with van der Waals surface area (Å²) in [6, 6.07) is 13.2. The topological polar surface area (TPSA) is 151 Å². The van der Waals surface area contributed by atoms with Crippen LogP contribution in [0, 0.1) is 22.7 Å². The smallest absolute Gasteiger partial charge is 0.335 e. The average Bonchev–Trinajstić information content (AvgIpc) is 3.65. The van der Waals surface area contributed by atoms with Crippen molar-refractivity contribution in [2.75, 3.05) is 0 Å². The van der Waals surface area contributed by atoms with E-state index in [1.807, 2.05) is 50.2 Å². The Kier molecular flexibility index (Phi) is 9.34. The van der Waals surface area contributed by atoms with Crippen LogP contribution < -0.4 is 5.63 Å². The monoisotopic (exact) mass is 734 g/mol. The van der Waals surface area contributed by atoms with Crippen molar-refractivity contribution in [3.63, 3.8) is 0 Å². The van der Waals surface area contributed by atoms with Crippen molar-refractivity contribution in [3.8, 4) is 0 Å². The average molecular weight is 735 g/mol. The van der Waals surface area contributed by atoms with Crippen molar-refractivity contribution in [1.29, 1.82) is 0 Å². The van der Waals surface area contributed by atoms with E-state index in [0.29, 0.717) is 57.8 Å². The molecule has 3 heterocycles. The molecule has 2 N–H and O–H groups in total. The van der Waals surface area contributed by atoms with E-state index in [2.05, 4.69) is 6.92 Å². The van der Waals surface area contributed by atoms with Crippen LogP contribution in [0.1, 0.15) is 109 Å². The Bertz CT molecular complexity index is 1730. The number of ether oxygens (including phenoxy) is 5. The van der Waals surface area contributed by atoms with Crippen molar-refractivity contribution in [2.24, 2.45) is 22.7 Å². The molecule has 0 radical (unpaired) electrons. The summed E-state index contributed by atoms with van der Waals surface area (Å²) in [5.41, 5.74) is -2.25. The molecule has 8 rings (SSSR count). The van der Waals surface area contributed by atoms with Gasteiger partial charge in [-0.15, -0.1) is 0 Å². The zero-order valence-corrected chi connectivity index (χ0v) is 31.2. The van der Waals surface area contributed by atoms with Gasteiger partial charge in [0.25, 0.3) is 0 Å². The van der Waals surface area contributed by atoms with E-state index in [9.17, 15) is 24.6 Å². The first-order valence-electron chi connectivity index (χ1n) is 19.7. The first-order chi connectivity index (χ1) is 25.3. The fourth-order valence-electron chi connectivity index (χ4n) is 12.0. The number of fused-ring (bicyclic) bond motifs is 6. The van der Waals surface area contributed by atoms with Gasteiger partial charge in [-0.05, 0) is 99.7 Å². The van der Waals surface area contributed by atoms with Crippen molar-refractivity contribution < 1.29 is 47.9 Å². The molecule has 53 heavy (non-hydrogen) atoms. The molecule has 0 bridgehead atoms. The Morgan fingerprint density at radius 3 is 2.42 bits per heavy atom. The van der Waals surface area contributed by atoms with E-state index >= 15 is 0 Å². The van der Waals surface area contributed by atoms with Gasteiger partial charge < -0.3 is 43.1 Å². The van der Waals surface area contributed by atoms with E-state index < -0.39 is 76.2 Å². The summed E-state index contributed by atoms with van der Waals surface area (Å²) >= 11 is 0. The van der Waals surface area contributed by atoms with Gasteiger partial charge in [-0.3, -0.25) is 4.79 Å². The van der Waals surface area contributed by atoms with Crippen LogP contribution in [0.3, 0.4) is 0 Å². The van der Waals surface area contributed by atoms with Crippen LogP contribution in [0.5, 0.6) is 0 Å². The zero-order chi connectivity index (χ0) is 37.4. The van der Waals surface area contributed by atoms with E-state index in [-0.39, 0.29) is 24.2 Å². The number of hydrogen-bond donors (Lipinski definition) is 2. The summed E-state index contributed by atoms with van der Waals surface area (Å²) in [6.07, 6.45) is 4.62. The molecule has 0 amide bonds. The van der Waals surface area contributed by atoms with Gasteiger partial charge in [-0.1, -0.05) is 44.2 Å². The highest BCUT2D eigenvalue weighted by atomic mass is 16.8. The molecular weight excluding hydrogens is 680 g/mol. The number of benzene rings is 1. The maximum atomic E-state index is 13.4.